The van der Waals surface area contributed by atoms with Gasteiger partial charge in [-0.15, -0.1) is 0 Å². The summed E-state index contributed by atoms with van der Waals surface area (Å²) in [4.78, 5) is 13.9. The van der Waals surface area contributed by atoms with Gasteiger partial charge in [0.2, 0.25) is 0 Å². The van der Waals surface area contributed by atoms with Crippen molar-refractivity contribution in [3.63, 3.8) is 0 Å². The number of benzene rings is 1. The van der Waals surface area contributed by atoms with Crippen LogP contribution in [0, 0.1) is 23.1 Å². The minimum Gasteiger partial charge on any atom is -0.341 e. The van der Waals surface area contributed by atoms with Gasteiger partial charge >= 0.3 is 0 Å². The van der Waals surface area contributed by atoms with Gasteiger partial charge in [0.25, 0.3) is 5.91 Å². The van der Waals surface area contributed by atoms with Crippen molar-refractivity contribution in [3.8, 4) is 6.07 Å². The molecule has 4 heteroatoms. The minimum absolute atomic E-state index is 0.0927. The summed E-state index contributed by atoms with van der Waals surface area (Å²) in [5, 5.41) is 8.80. The van der Waals surface area contributed by atoms with Crippen molar-refractivity contribution >= 4 is 5.91 Å². The van der Waals surface area contributed by atoms with Crippen LogP contribution in [0.25, 0.3) is 0 Å². The highest BCUT2D eigenvalue weighted by atomic mass is 19.1. The average Bonchev–Trinajstić information content (AvgIpc) is 2.48. The molecule has 2 rings (SSSR count). The maximum Gasteiger partial charge on any atom is 0.253 e. The Labute approximate surface area is 118 Å². The van der Waals surface area contributed by atoms with E-state index < -0.39 is 5.82 Å². The van der Waals surface area contributed by atoms with E-state index in [4.69, 9.17) is 5.26 Å². The second-order valence-corrected chi connectivity index (χ2v) is 5.14. The zero-order chi connectivity index (χ0) is 14.5. The van der Waals surface area contributed by atoms with Gasteiger partial charge in [0.1, 0.15) is 11.9 Å². The molecule has 3 nitrogen and oxygen atoms in total. The second kappa shape index (κ2) is 6.33. The molecule has 0 aliphatic heterocycles. The molecule has 0 spiro atoms. The molecule has 0 saturated carbocycles. The topological polar surface area (TPSA) is 44.1 Å². The lowest BCUT2D eigenvalue weighted by Gasteiger charge is -2.25. The van der Waals surface area contributed by atoms with Gasteiger partial charge in [-0.25, -0.2) is 4.39 Å². The number of amides is 1. The molecule has 0 saturated heterocycles. The van der Waals surface area contributed by atoms with Gasteiger partial charge in [0.15, 0.2) is 0 Å². The molecule has 0 fully saturated rings. The fraction of sp³-hybridized carbons (Fsp3) is 0.375. The first kappa shape index (κ1) is 14.3. The monoisotopic (exact) mass is 272 g/mol. The van der Waals surface area contributed by atoms with Crippen LogP contribution < -0.4 is 0 Å². The Morgan fingerprint density at radius 2 is 2.30 bits per heavy atom. The average molecular weight is 272 g/mol. The van der Waals surface area contributed by atoms with Crippen molar-refractivity contribution in [2.24, 2.45) is 5.92 Å². The molecule has 1 atom stereocenters. The van der Waals surface area contributed by atoms with Crippen LogP contribution in [-0.4, -0.2) is 24.4 Å². The van der Waals surface area contributed by atoms with Crippen molar-refractivity contribution in [1.29, 1.82) is 5.26 Å². The zero-order valence-electron chi connectivity index (χ0n) is 11.5. The van der Waals surface area contributed by atoms with E-state index in [-0.39, 0.29) is 11.5 Å². The lowest BCUT2D eigenvalue weighted by molar-refractivity contribution is 0.0769. The summed E-state index contributed by atoms with van der Waals surface area (Å²) in [5.74, 6) is -0.287. The molecule has 0 N–H and O–H groups in total. The number of hydrogen-bond donors (Lipinski definition) is 0. The van der Waals surface area contributed by atoms with E-state index in [2.05, 4.69) is 12.2 Å². The highest BCUT2D eigenvalue weighted by Crippen LogP contribution is 2.20. The molecule has 0 heterocycles. The molecule has 104 valence electrons. The number of nitrogens with zero attached hydrogens (tertiary/aromatic N) is 2. The number of allylic oxidation sites excluding steroid dienone is 2. The molecular weight excluding hydrogens is 255 g/mol. The normalized spacial score (nSPS) is 17.6. The van der Waals surface area contributed by atoms with Gasteiger partial charge < -0.3 is 4.90 Å². The van der Waals surface area contributed by atoms with Crippen LogP contribution in [0.4, 0.5) is 4.39 Å². The van der Waals surface area contributed by atoms with Gasteiger partial charge in [-0.1, -0.05) is 12.2 Å². The Morgan fingerprint density at radius 1 is 1.50 bits per heavy atom. The predicted octanol–water partition coefficient (Wildman–Crippen LogP) is 3.13. The third-order valence-corrected chi connectivity index (χ3v) is 3.59. The first-order valence-electron chi connectivity index (χ1n) is 6.72. The van der Waals surface area contributed by atoms with E-state index in [1.165, 1.54) is 18.2 Å². The molecule has 1 aliphatic carbocycles. The maximum atomic E-state index is 13.3. The van der Waals surface area contributed by atoms with Crippen LogP contribution in [-0.2, 0) is 0 Å². The SMILES string of the molecule is CN(C[C@H]1CC=CCC1)C(=O)c1ccc(F)c(C#N)c1. The highest BCUT2D eigenvalue weighted by molar-refractivity contribution is 5.94. The molecule has 1 aromatic rings. The molecule has 0 aromatic heterocycles. The predicted molar refractivity (Wildman–Crippen MR) is 74.6 cm³/mol. The molecule has 20 heavy (non-hydrogen) atoms. The number of carbonyl (C=O) groups is 1. The first-order valence-corrected chi connectivity index (χ1v) is 6.72. The fourth-order valence-electron chi connectivity index (χ4n) is 2.46. The number of nitriles is 1. The summed E-state index contributed by atoms with van der Waals surface area (Å²) in [6, 6.07) is 5.67. The molecule has 0 radical (unpaired) electrons. The quantitative estimate of drug-likeness (QED) is 0.793. The van der Waals surface area contributed by atoms with E-state index in [0.29, 0.717) is 18.0 Å². The summed E-state index contributed by atoms with van der Waals surface area (Å²) < 4.78 is 13.3. The van der Waals surface area contributed by atoms with Crippen LogP contribution in [0.1, 0.15) is 35.2 Å². The Hall–Kier alpha value is -2.15. The van der Waals surface area contributed by atoms with Gasteiger partial charge in [-0.2, -0.15) is 5.26 Å². The van der Waals surface area contributed by atoms with Gasteiger partial charge in [0.05, 0.1) is 5.56 Å². The minimum atomic E-state index is -0.593. The summed E-state index contributed by atoms with van der Waals surface area (Å²) in [7, 11) is 1.75. The van der Waals surface area contributed by atoms with Crippen molar-refractivity contribution in [2.45, 2.75) is 19.3 Å². The molecule has 1 aliphatic rings. The molecule has 0 bridgehead atoms. The summed E-state index contributed by atoms with van der Waals surface area (Å²) in [5.41, 5.74) is 0.265. The summed E-state index contributed by atoms with van der Waals surface area (Å²) >= 11 is 0. The van der Waals surface area contributed by atoms with Gasteiger partial charge in [0, 0.05) is 19.2 Å². The van der Waals surface area contributed by atoms with Crippen LogP contribution in [0.2, 0.25) is 0 Å². The molecule has 0 unspecified atom stereocenters. The van der Waals surface area contributed by atoms with Crippen LogP contribution in [0.5, 0.6) is 0 Å². The van der Waals surface area contributed by atoms with Crippen molar-refractivity contribution in [1.82, 2.24) is 4.90 Å². The highest BCUT2D eigenvalue weighted by Gasteiger charge is 2.18. The Morgan fingerprint density at radius 3 is 2.95 bits per heavy atom. The second-order valence-electron chi connectivity index (χ2n) is 5.14. The number of rotatable bonds is 3. The molecular formula is C16H17FN2O. The first-order chi connectivity index (χ1) is 9.61. The van der Waals surface area contributed by atoms with E-state index in [1.807, 2.05) is 0 Å². The third kappa shape index (κ3) is 3.24. The Bertz CT molecular complexity index is 574. The summed E-state index contributed by atoms with van der Waals surface area (Å²) in [6.45, 7) is 0.683. The van der Waals surface area contributed by atoms with E-state index >= 15 is 0 Å². The van der Waals surface area contributed by atoms with Crippen molar-refractivity contribution < 1.29 is 9.18 Å². The van der Waals surface area contributed by atoms with E-state index in [9.17, 15) is 9.18 Å². The van der Waals surface area contributed by atoms with Crippen LogP contribution in [0.3, 0.4) is 0 Å². The van der Waals surface area contributed by atoms with Crippen LogP contribution >= 0.6 is 0 Å². The molecule has 1 amide bonds. The largest absolute Gasteiger partial charge is 0.341 e. The number of hydrogen-bond acceptors (Lipinski definition) is 2. The van der Waals surface area contributed by atoms with Crippen LogP contribution in [0.15, 0.2) is 30.4 Å². The Kier molecular flexibility index (Phi) is 4.52. The Balaban J connectivity index is 2.06. The van der Waals surface area contributed by atoms with E-state index in [1.54, 1.807) is 18.0 Å². The lowest BCUT2D eigenvalue weighted by atomic mass is 9.94. The number of carbonyl (C=O) groups excluding carboxylic acids is 1. The molecule has 1 aromatic carbocycles. The van der Waals surface area contributed by atoms with E-state index in [0.717, 1.165) is 19.3 Å². The van der Waals surface area contributed by atoms with Crippen molar-refractivity contribution in [2.75, 3.05) is 13.6 Å². The van der Waals surface area contributed by atoms with Gasteiger partial charge in [-0.05, 0) is 43.4 Å². The summed E-state index contributed by atoms with van der Waals surface area (Å²) in [6.07, 6.45) is 7.45. The lowest BCUT2D eigenvalue weighted by Crippen LogP contribution is -2.32. The third-order valence-electron chi connectivity index (χ3n) is 3.59. The van der Waals surface area contributed by atoms with Crippen molar-refractivity contribution in [3.05, 3.63) is 47.3 Å². The maximum absolute atomic E-state index is 13.3. The standard InChI is InChI=1S/C16H17FN2O/c1-19(11-12-5-3-2-4-6-12)16(20)13-7-8-15(17)14(9-13)10-18/h2-3,7-9,12H,4-6,11H2,1H3/t12-/m0/s1. The zero-order valence-corrected chi connectivity index (χ0v) is 11.5. The fourth-order valence-corrected chi connectivity index (χ4v) is 2.46. The number of halogens is 1. The smallest absolute Gasteiger partial charge is 0.253 e. The van der Waals surface area contributed by atoms with Gasteiger partial charge in [-0.3, -0.25) is 4.79 Å².